The van der Waals surface area contributed by atoms with Gasteiger partial charge in [0, 0.05) is 50.7 Å². The highest BCUT2D eigenvalue weighted by molar-refractivity contribution is 5.98. The van der Waals surface area contributed by atoms with E-state index in [0.29, 0.717) is 38.4 Å². The summed E-state index contributed by atoms with van der Waals surface area (Å²) in [5.74, 6) is -0.00460. The van der Waals surface area contributed by atoms with Crippen molar-refractivity contribution in [2.45, 2.75) is 12.5 Å². The van der Waals surface area contributed by atoms with Gasteiger partial charge in [-0.15, -0.1) is 12.4 Å². The summed E-state index contributed by atoms with van der Waals surface area (Å²) in [5.41, 5.74) is 7.10. The highest BCUT2D eigenvalue weighted by Gasteiger charge is 2.26. The predicted molar refractivity (Wildman–Crippen MR) is 102 cm³/mol. The second-order valence-electron chi connectivity index (χ2n) is 6.24. The molecule has 26 heavy (non-hydrogen) atoms. The van der Waals surface area contributed by atoms with Crippen LogP contribution >= 0.6 is 12.4 Å². The smallest absolute Gasteiger partial charge is 0.270 e. The summed E-state index contributed by atoms with van der Waals surface area (Å²) < 4.78 is 5.17. The number of carbonyl (C=O) groups excluding carboxylic acids is 2. The lowest BCUT2D eigenvalue weighted by Crippen LogP contribution is -2.51. The summed E-state index contributed by atoms with van der Waals surface area (Å²) in [6.07, 6.45) is 0.0293. The van der Waals surface area contributed by atoms with Crippen molar-refractivity contribution in [3.05, 3.63) is 36.0 Å². The van der Waals surface area contributed by atoms with Gasteiger partial charge in [0.25, 0.3) is 5.91 Å². The molecule has 3 N–H and O–H groups in total. The van der Waals surface area contributed by atoms with E-state index in [1.807, 2.05) is 30.3 Å². The molecule has 2 heterocycles. The molecular weight excluding hydrogens is 356 g/mol. The van der Waals surface area contributed by atoms with Crippen molar-refractivity contribution >= 4 is 35.1 Å². The summed E-state index contributed by atoms with van der Waals surface area (Å²) in [6, 6.07) is 9.68. The lowest BCUT2D eigenvalue weighted by Gasteiger charge is -2.35. The van der Waals surface area contributed by atoms with E-state index >= 15 is 0 Å². The number of aromatic nitrogens is 1. The number of ether oxygens (including phenoxy) is 1. The number of halogens is 1. The van der Waals surface area contributed by atoms with Gasteiger partial charge in [0.1, 0.15) is 5.69 Å². The maximum atomic E-state index is 12.7. The van der Waals surface area contributed by atoms with Crippen LogP contribution < -0.4 is 5.73 Å². The Kier molecular flexibility index (Phi) is 7.02. The Labute approximate surface area is 158 Å². The Morgan fingerprint density at radius 3 is 2.46 bits per heavy atom. The highest BCUT2D eigenvalue weighted by atomic mass is 35.5. The van der Waals surface area contributed by atoms with E-state index in [0.717, 1.165) is 10.9 Å². The van der Waals surface area contributed by atoms with Crippen molar-refractivity contribution in [3.8, 4) is 0 Å². The lowest BCUT2D eigenvalue weighted by molar-refractivity contribution is -0.135. The lowest BCUT2D eigenvalue weighted by atomic mass is 10.2. The SMILES string of the molecule is COC(CN)CC(=O)N1CCN(C(=O)c2cc3ccccc3[nH]2)CC1.Cl. The van der Waals surface area contributed by atoms with Crippen LogP contribution in [0.1, 0.15) is 16.9 Å². The number of hydrogen-bond donors (Lipinski definition) is 2. The molecule has 0 saturated carbocycles. The van der Waals surface area contributed by atoms with Crippen molar-refractivity contribution in [3.63, 3.8) is 0 Å². The highest BCUT2D eigenvalue weighted by Crippen LogP contribution is 2.17. The van der Waals surface area contributed by atoms with Crippen LogP contribution in [0.4, 0.5) is 0 Å². The van der Waals surface area contributed by atoms with Crippen LogP contribution in [0.5, 0.6) is 0 Å². The minimum absolute atomic E-state index is 0. The molecule has 1 aliphatic heterocycles. The van der Waals surface area contributed by atoms with Crippen LogP contribution in [0.25, 0.3) is 10.9 Å². The van der Waals surface area contributed by atoms with Crippen molar-refractivity contribution in [2.75, 3.05) is 39.8 Å². The van der Waals surface area contributed by atoms with E-state index in [2.05, 4.69) is 4.98 Å². The van der Waals surface area contributed by atoms with Crippen molar-refractivity contribution < 1.29 is 14.3 Å². The topological polar surface area (TPSA) is 91.7 Å². The number of nitrogens with two attached hydrogens (primary N) is 1. The third-order valence-electron chi connectivity index (χ3n) is 4.68. The van der Waals surface area contributed by atoms with E-state index in [1.54, 1.807) is 16.9 Å². The fourth-order valence-corrected chi connectivity index (χ4v) is 3.10. The van der Waals surface area contributed by atoms with Crippen LogP contribution in [0.15, 0.2) is 30.3 Å². The number of carbonyl (C=O) groups is 2. The first kappa shape index (κ1) is 20.2. The molecule has 1 atom stereocenters. The zero-order valence-corrected chi connectivity index (χ0v) is 15.6. The second kappa shape index (κ2) is 9.02. The Balaban J connectivity index is 0.00000243. The number of benzene rings is 1. The molecule has 0 radical (unpaired) electrons. The summed E-state index contributed by atoms with van der Waals surface area (Å²) in [7, 11) is 1.56. The van der Waals surface area contributed by atoms with Gasteiger partial charge in [-0.3, -0.25) is 9.59 Å². The van der Waals surface area contributed by atoms with Gasteiger partial charge in [0.15, 0.2) is 0 Å². The molecule has 1 saturated heterocycles. The molecule has 1 unspecified atom stereocenters. The zero-order valence-electron chi connectivity index (χ0n) is 14.8. The van der Waals surface area contributed by atoms with Crippen LogP contribution in [0.3, 0.4) is 0 Å². The van der Waals surface area contributed by atoms with Crippen molar-refractivity contribution in [2.24, 2.45) is 5.73 Å². The number of amides is 2. The molecule has 0 bridgehead atoms. The average Bonchev–Trinajstić information content (AvgIpc) is 3.09. The molecule has 142 valence electrons. The van der Waals surface area contributed by atoms with Gasteiger partial charge in [0.2, 0.25) is 5.91 Å². The number of H-pyrrole nitrogens is 1. The van der Waals surface area contributed by atoms with Crippen LogP contribution in [-0.4, -0.2) is 72.5 Å². The maximum absolute atomic E-state index is 12.7. The molecule has 1 fully saturated rings. The number of methoxy groups -OCH3 is 1. The number of nitrogens with one attached hydrogen (secondary N) is 1. The van der Waals surface area contributed by atoms with Gasteiger partial charge in [-0.1, -0.05) is 18.2 Å². The Morgan fingerprint density at radius 2 is 1.85 bits per heavy atom. The number of nitrogens with zero attached hydrogens (tertiary/aromatic N) is 2. The average molecular weight is 381 g/mol. The number of fused-ring (bicyclic) bond motifs is 1. The first-order valence-electron chi connectivity index (χ1n) is 8.50. The maximum Gasteiger partial charge on any atom is 0.270 e. The Hall–Kier alpha value is -2.09. The van der Waals surface area contributed by atoms with Crippen molar-refractivity contribution in [1.82, 2.24) is 14.8 Å². The zero-order chi connectivity index (χ0) is 17.8. The van der Waals surface area contributed by atoms with Gasteiger partial charge < -0.3 is 25.3 Å². The monoisotopic (exact) mass is 380 g/mol. The normalized spacial score (nSPS) is 15.6. The summed E-state index contributed by atoms with van der Waals surface area (Å²) in [5, 5.41) is 1.02. The minimum Gasteiger partial charge on any atom is -0.380 e. The van der Waals surface area contributed by atoms with Crippen LogP contribution in [-0.2, 0) is 9.53 Å². The first-order valence-corrected chi connectivity index (χ1v) is 8.50. The third-order valence-corrected chi connectivity index (χ3v) is 4.68. The molecule has 7 nitrogen and oxygen atoms in total. The van der Waals surface area contributed by atoms with Gasteiger partial charge in [-0.25, -0.2) is 0 Å². The summed E-state index contributed by atoms with van der Waals surface area (Å²) in [4.78, 5) is 31.7. The van der Waals surface area contributed by atoms with Crippen molar-refractivity contribution in [1.29, 1.82) is 0 Å². The van der Waals surface area contributed by atoms with Gasteiger partial charge in [-0.05, 0) is 12.1 Å². The van der Waals surface area contributed by atoms with E-state index in [4.69, 9.17) is 10.5 Å². The fraction of sp³-hybridized carbons (Fsp3) is 0.444. The van der Waals surface area contributed by atoms with Crippen LogP contribution in [0, 0.1) is 0 Å². The van der Waals surface area contributed by atoms with Gasteiger partial charge >= 0.3 is 0 Å². The first-order chi connectivity index (χ1) is 12.1. The Bertz CT molecular complexity index is 719. The molecular formula is C18H25ClN4O3. The molecule has 2 aromatic rings. The summed E-state index contributed by atoms with van der Waals surface area (Å²) >= 11 is 0. The third kappa shape index (κ3) is 4.35. The molecule has 8 heteroatoms. The largest absolute Gasteiger partial charge is 0.380 e. The van der Waals surface area contributed by atoms with E-state index in [-0.39, 0.29) is 36.7 Å². The molecule has 1 aromatic heterocycles. The van der Waals surface area contributed by atoms with Gasteiger partial charge in [0.05, 0.1) is 12.5 Å². The Morgan fingerprint density at radius 1 is 1.19 bits per heavy atom. The number of piperazine rings is 1. The van der Waals surface area contributed by atoms with E-state index < -0.39 is 0 Å². The minimum atomic E-state index is -0.251. The molecule has 3 rings (SSSR count). The molecule has 0 aliphatic carbocycles. The number of para-hydroxylation sites is 1. The number of hydrogen-bond acceptors (Lipinski definition) is 4. The molecule has 2 amide bonds. The number of rotatable bonds is 5. The quantitative estimate of drug-likeness (QED) is 0.816. The predicted octanol–water partition coefficient (Wildman–Crippen LogP) is 1.24. The summed E-state index contributed by atoms with van der Waals surface area (Å²) in [6.45, 7) is 2.44. The standard InChI is InChI=1S/C18H24N4O3.ClH/c1-25-14(12-19)11-17(23)21-6-8-22(9-7-21)18(24)16-10-13-4-2-3-5-15(13)20-16;/h2-5,10,14,20H,6-9,11-12,19H2,1H3;1H. The van der Waals surface area contributed by atoms with Crippen LogP contribution in [0.2, 0.25) is 0 Å². The molecule has 1 aromatic carbocycles. The molecule has 1 aliphatic rings. The fourth-order valence-electron chi connectivity index (χ4n) is 3.10. The number of aromatic amines is 1. The van der Waals surface area contributed by atoms with E-state index in [1.165, 1.54) is 0 Å². The second-order valence-corrected chi connectivity index (χ2v) is 6.24. The molecule has 0 spiro atoms. The van der Waals surface area contributed by atoms with E-state index in [9.17, 15) is 9.59 Å². The van der Waals surface area contributed by atoms with Gasteiger partial charge in [-0.2, -0.15) is 0 Å².